The fraction of sp³-hybridized carbons (Fsp3) is 0.136. The highest BCUT2D eigenvalue weighted by Crippen LogP contribution is 2.58. The summed E-state index contributed by atoms with van der Waals surface area (Å²) in [6, 6.07) is 21.4. The zero-order valence-corrected chi connectivity index (χ0v) is 17.3. The summed E-state index contributed by atoms with van der Waals surface area (Å²) in [6.45, 7) is 1.58. The van der Waals surface area contributed by atoms with E-state index in [-0.39, 0.29) is 17.9 Å². The molecule has 5 nitrogen and oxygen atoms in total. The van der Waals surface area contributed by atoms with E-state index in [1.54, 1.807) is 73.4 Å². The molecule has 2 atom stereocenters. The maximum Gasteiger partial charge on any atom is 0.273 e. The molecule has 0 aliphatic heterocycles. The summed E-state index contributed by atoms with van der Waals surface area (Å²) in [5.41, 5.74) is -0.241. The molecule has 29 heavy (non-hydrogen) atoms. The zero-order valence-electron chi connectivity index (χ0n) is 15.7. The van der Waals surface area contributed by atoms with E-state index < -0.39 is 17.7 Å². The number of nitro benzene ring substituents is 1. The molecule has 0 aliphatic rings. The van der Waals surface area contributed by atoms with Crippen molar-refractivity contribution in [2.24, 2.45) is 0 Å². The quantitative estimate of drug-likeness (QED) is 0.204. The number of halogens is 1. The van der Waals surface area contributed by atoms with Crippen LogP contribution in [0.1, 0.15) is 28.0 Å². The largest absolute Gasteiger partial charge is 0.318 e. The molecular weight excluding hydrogens is 409 g/mol. The number of nitrogens with zero attached hydrogens (tertiary/aromatic N) is 1. The molecule has 0 saturated heterocycles. The van der Waals surface area contributed by atoms with Crippen molar-refractivity contribution >= 4 is 35.5 Å². The molecule has 0 heterocycles. The second-order valence-electron chi connectivity index (χ2n) is 6.79. The molecule has 0 fully saturated rings. The van der Waals surface area contributed by atoms with E-state index in [0.717, 1.165) is 0 Å². The van der Waals surface area contributed by atoms with Crippen LogP contribution < -0.4 is 5.30 Å². The summed E-state index contributed by atoms with van der Waals surface area (Å²) in [6.07, 6.45) is -0.116. The molecular formula is C22H19ClNO4P. The normalized spacial score (nSPS) is 14.0. The highest BCUT2D eigenvalue weighted by atomic mass is 35.5. The lowest BCUT2D eigenvalue weighted by Crippen LogP contribution is -2.16. The van der Waals surface area contributed by atoms with Gasteiger partial charge in [0.1, 0.15) is 7.14 Å². The lowest BCUT2D eigenvalue weighted by molar-refractivity contribution is -0.385. The molecule has 0 N–H and O–H groups in total. The molecule has 3 aromatic carbocycles. The second-order valence-corrected chi connectivity index (χ2v) is 10.3. The Bertz CT molecular complexity index is 1080. The third-order valence-corrected chi connectivity index (χ3v) is 8.13. The molecule has 0 amide bonds. The molecule has 0 saturated carbocycles. The minimum absolute atomic E-state index is 0.116. The highest BCUT2D eigenvalue weighted by molar-refractivity contribution is 7.71. The van der Waals surface area contributed by atoms with E-state index in [0.29, 0.717) is 21.5 Å². The van der Waals surface area contributed by atoms with Crippen LogP contribution in [-0.4, -0.2) is 17.4 Å². The van der Waals surface area contributed by atoms with Gasteiger partial charge in [0.25, 0.3) is 5.69 Å². The van der Waals surface area contributed by atoms with E-state index in [1.807, 2.05) is 6.07 Å². The summed E-state index contributed by atoms with van der Waals surface area (Å²) in [4.78, 5) is 24.1. The average Bonchev–Trinajstić information content (AvgIpc) is 2.73. The number of rotatable bonds is 7. The molecule has 1 unspecified atom stereocenters. The molecule has 148 valence electrons. The smallest absolute Gasteiger partial charge is 0.273 e. The Morgan fingerprint density at radius 1 is 1.00 bits per heavy atom. The molecule has 0 radical (unpaired) electrons. The van der Waals surface area contributed by atoms with Crippen LogP contribution in [-0.2, 0) is 4.57 Å². The highest BCUT2D eigenvalue weighted by Gasteiger charge is 2.37. The topological polar surface area (TPSA) is 77.3 Å². The maximum absolute atomic E-state index is 13.9. The van der Waals surface area contributed by atoms with Gasteiger partial charge < -0.3 is 4.57 Å². The van der Waals surface area contributed by atoms with Crippen molar-refractivity contribution in [2.75, 3.05) is 6.66 Å². The Balaban J connectivity index is 2.10. The monoisotopic (exact) mass is 427 g/mol. The van der Waals surface area contributed by atoms with Crippen molar-refractivity contribution in [1.82, 2.24) is 0 Å². The second kappa shape index (κ2) is 8.73. The van der Waals surface area contributed by atoms with Crippen molar-refractivity contribution in [3.63, 3.8) is 0 Å². The maximum atomic E-state index is 13.9. The predicted molar refractivity (Wildman–Crippen MR) is 116 cm³/mol. The average molecular weight is 428 g/mol. The van der Waals surface area contributed by atoms with Gasteiger partial charge in [0, 0.05) is 33.9 Å². The summed E-state index contributed by atoms with van der Waals surface area (Å²) in [5, 5.41) is 12.7. The van der Waals surface area contributed by atoms with Crippen LogP contribution in [0.4, 0.5) is 5.69 Å². The molecule has 0 aromatic heterocycles. The number of hydrogen-bond acceptors (Lipinski definition) is 4. The Morgan fingerprint density at radius 2 is 1.59 bits per heavy atom. The fourth-order valence-electron chi connectivity index (χ4n) is 3.32. The Morgan fingerprint density at radius 3 is 2.21 bits per heavy atom. The first-order chi connectivity index (χ1) is 13.8. The van der Waals surface area contributed by atoms with Gasteiger partial charge in [-0.15, -0.1) is 0 Å². The fourth-order valence-corrected chi connectivity index (χ4v) is 5.83. The third kappa shape index (κ3) is 4.64. The standard InChI is InChI=1S/C22H19ClNO4P/c1-29(28,18-7-3-2-4-8-18)22(19-9-5-6-10-20(19)24(26)27)15-21(25)16-11-13-17(23)14-12-16/h2-14,22H,15H2,1H3/t22-,29?/m0/s1. The summed E-state index contributed by atoms with van der Waals surface area (Å²) in [7, 11) is -3.18. The van der Waals surface area contributed by atoms with Crippen LogP contribution in [0.25, 0.3) is 0 Å². The van der Waals surface area contributed by atoms with Crippen LogP contribution in [0.2, 0.25) is 5.02 Å². The Hall–Kier alpha value is -2.75. The first-order valence-electron chi connectivity index (χ1n) is 8.95. The van der Waals surface area contributed by atoms with Crippen molar-refractivity contribution < 1.29 is 14.3 Å². The first kappa shape index (κ1) is 21.0. The van der Waals surface area contributed by atoms with Gasteiger partial charge in [0.05, 0.1) is 10.6 Å². The van der Waals surface area contributed by atoms with Crippen molar-refractivity contribution in [2.45, 2.75) is 12.1 Å². The SMILES string of the molecule is CP(=O)(c1ccccc1)[C@@H](CC(=O)c1ccc(Cl)cc1)c1ccccc1[N+](=O)[O-]. The van der Waals surface area contributed by atoms with Crippen LogP contribution in [0, 0.1) is 10.1 Å². The number of para-hydroxylation sites is 1. The summed E-state index contributed by atoms with van der Waals surface area (Å²) >= 11 is 5.90. The van der Waals surface area contributed by atoms with Crippen LogP contribution in [0.3, 0.4) is 0 Å². The van der Waals surface area contributed by atoms with Crippen LogP contribution >= 0.6 is 18.7 Å². The van der Waals surface area contributed by atoms with Gasteiger partial charge in [0.15, 0.2) is 5.78 Å². The van der Waals surface area contributed by atoms with Gasteiger partial charge in [-0.1, -0.05) is 60.1 Å². The molecule has 3 aromatic rings. The van der Waals surface area contributed by atoms with Gasteiger partial charge in [-0.3, -0.25) is 14.9 Å². The predicted octanol–water partition coefficient (Wildman–Crippen LogP) is 5.88. The van der Waals surface area contributed by atoms with E-state index in [4.69, 9.17) is 11.6 Å². The van der Waals surface area contributed by atoms with Gasteiger partial charge in [-0.2, -0.15) is 0 Å². The van der Waals surface area contributed by atoms with Crippen molar-refractivity contribution in [3.05, 3.63) is 105 Å². The molecule has 3 rings (SSSR count). The number of nitro groups is 1. The van der Waals surface area contributed by atoms with E-state index in [2.05, 4.69) is 0 Å². The Kier molecular flexibility index (Phi) is 6.31. The van der Waals surface area contributed by atoms with E-state index in [1.165, 1.54) is 6.07 Å². The lowest BCUT2D eigenvalue weighted by atomic mass is 10.0. The number of ketones is 1. The Labute approximate surface area is 173 Å². The van der Waals surface area contributed by atoms with Crippen molar-refractivity contribution in [1.29, 1.82) is 0 Å². The molecule has 0 spiro atoms. The third-order valence-electron chi connectivity index (χ3n) is 4.90. The van der Waals surface area contributed by atoms with E-state index >= 15 is 0 Å². The first-order valence-corrected chi connectivity index (χ1v) is 11.6. The van der Waals surface area contributed by atoms with Crippen LogP contribution in [0.5, 0.6) is 0 Å². The number of benzene rings is 3. The molecule has 0 bridgehead atoms. The van der Waals surface area contributed by atoms with Crippen molar-refractivity contribution in [3.8, 4) is 0 Å². The minimum atomic E-state index is -3.18. The number of Topliss-reactive ketones (excluding diaryl/α,β-unsaturated/α-hetero) is 1. The van der Waals surface area contributed by atoms with Gasteiger partial charge in [-0.05, 0) is 30.9 Å². The van der Waals surface area contributed by atoms with Gasteiger partial charge in [-0.25, -0.2) is 0 Å². The number of carbonyl (C=O) groups is 1. The van der Waals surface area contributed by atoms with Crippen LogP contribution in [0.15, 0.2) is 78.9 Å². The minimum Gasteiger partial charge on any atom is -0.318 e. The molecule has 0 aliphatic carbocycles. The number of carbonyl (C=O) groups excluding carboxylic acids is 1. The van der Waals surface area contributed by atoms with E-state index in [9.17, 15) is 19.5 Å². The zero-order chi connectivity index (χ0) is 21.0. The summed E-state index contributed by atoms with van der Waals surface area (Å²) in [5.74, 6) is -0.247. The lowest BCUT2D eigenvalue weighted by Gasteiger charge is -2.25. The molecule has 7 heteroatoms. The summed E-state index contributed by atoms with van der Waals surface area (Å²) < 4.78 is 13.9. The number of hydrogen-bond donors (Lipinski definition) is 0. The van der Waals surface area contributed by atoms with Gasteiger partial charge in [0.2, 0.25) is 0 Å². The van der Waals surface area contributed by atoms with Gasteiger partial charge >= 0.3 is 0 Å².